The highest BCUT2D eigenvalue weighted by Gasteiger charge is 2.11. The second-order valence-electron chi connectivity index (χ2n) is 3.47. The van der Waals surface area contributed by atoms with Crippen molar-refractivity contribution < 1.29 is 8.42 Å². The summed E-state index contributed by atoms with van der Waals surface area (Å²) in [6, 6.07) is 6.60. The molecule has 0 aliphatic rings. The van der Waals surface area contributed by atoms with Crippen LogP contribution in [0.2, 0.25) is 0 Å². The van der Waals surface area contributed by atoms with Gasteiger partial charge < -0.3 is 0 Å². The Hall–Kier alpha value is -1.36. The molecule has 5 heteroatoms. The van der Waals surface area contributed by atoms with Crippen LogP contribution in [-0.4, -0.2) is 14.1 Å². The number of rotatable bonds is 3. The molecule has 1 rings (SSSR count). The van der Waals surface area contributed by atoms with E-state index in [0.29, 0.717) is 5.71 Å². The van der Waals surface area contributed by atoms with Crippen LogP contribution >= 0.6 is 0 Å². The van der Waals surface area contributed by atoms with E-state index in [1.165, 1.54) is 0 Å². The van der Waals surface area contributed by atoms with E-state index in [1.807, 2.05) is 6.92 Å². The van der Waals surface area contributed by atoms with Crippen LogP contribution in [0.1, 0.15) is 19.4 Å². The molecular formula is C10H14N2O2S. The molecule has 4 nitrogen and oxygen atoms in total. The van der Waals surface area contributed by atoms with E-state index < -0.39 is 10.0 Å². The van der Waals surface area contributed by atoms with Gasteiger partial charge in [-0.15, -0.1) is 0 Å². The lowest BCUT2D eigenvalue weighted by atomic mass is 10.2. The predicted octanol–water partition coefficient (Wildman–Crippen LogP) is 1.67. The van der Waals surface area contributed by atoms with Crippen molar-refractivity contribution in [1.29, 1.82) is 0 Å². The van der Waals surface area contributed by atoms with Crippen LogP contribution < -0.4 is 4.83 Å². The first-order valence-corrected chi connectivity index (χ1v) is 5.99. The topological polar surface area (TPSA) is 58.5 Å². The highest BCUT2D eigenvalue weighted by Crippen LogP contribution is 2.09. The van der Waals surface area contributed by atoms with E-state index in [-0.39, 0.29) is 4.90 Å². The maximum Gasteiger partial charge on any atom is 0.276 e. The van der Waals surface area contributed by atoms with Crippen LogP contribution in [0.5, 0.6) is 0 Å². The van der Waals surface area contributed by atoms with Gasteiger partial charge in [0, 0.05) is 5.71 Å². The molecule has 0 aliphatic heterocycles. The van der Waals surface area contributed by atoms with Gasteiger partial charge in [-0.25, -0.2) is 4.83 Å². The molecule has 0 fully saturated rings. The molecule has 0 atom stereocenters. The van der Waals surface area contributed by atoms with Gasteiger partial charge in [0.1, 0.15) is 0 Å². The first kappa shape index (κ1) is 11.7. The average Bonchev–Trinajstić information content (AvgIpc) is 2.16. The molecule has 0 heterocycles. The highest BCUT2D eigenvalue weighted by molar-refractivity contribution is 7.89. The molecule has 0 aromatic heterocycles. The predicted molar refractivity (Wildman–Crippen MR) is 60.3 cm³/mol. The minimum Gasteiger partial charge on any atom is -0.200 e. The smallest absolute Gasteiger partial charge is 0.200 e. The summed E-state index contributed by atoms with van der Waals surface area (Å²) in [6.45, 7) is 5.34. The molecule has 0 saturated carbocycles. The third kappa shape index (κ3) is 3.36. The molecule has 1 aromatic rings. The number of hydrogen-bond donors (Lipinski definition) is 1. The second kappa shape index (κ2) is 4.44. The molecule has 0 aliphatic carbocycles. The van der Waals surface area contributed by atoms with Gasteiger partial charge in [-0.05, 0) is 32.9 Å². The Labute approximate surface area is 90.1 Å². The van der Waals surface area contributed by atoms with Gasteiger partial charge in [-0.2, -0.15) is 13.5 Å². The summed E-state index contributed by atoms with van der Waals surface area (Å²) in [6.07, 6.45) is 0. The number of sulfonamides is 1. The van der Waals surface area contributed by atoms with Crippen molar-refractivity contribution >= 4 is 15.7 Å². The molecule has 0 amide bonds. The zero-order chi connectivity index (χ0) is 11.5. The Morgan fingerprint density at radius 2 is 1.73 bits per heavy atom. The van der Waals surface area contributed by atoms with Crippen LogP contribution in [-0.2, 0) is 10.0 Å². The van der Waals surface area contributed by atoms with Crippen molar-refractivity contribution in [2.75, 3.05) is 0 Å². The fraction of sp³-hybridized carbons (Fsp3) is 0.300. The van der Waals surface area contributed by atoms with Gasteiger partial charge in [0.25, 0.3) is 10.0 Å². The number of hydrazone groups is 1. The zero-order valence-electron chi connectivity index (χ0n) is 8.98. The Morgan fingerprint density at radius 3 is 2.20 bits per heavy atom. The summed E-state index contributed by atoms with van der Waals surface area (Å²) in [4.78, 5) is 2.37. The largest absolute Gasteiger partial charge is 0.276 e. The van der Waals surface area contributed by atoms with E-state index in [0.717, 1.165) is 5.56 Å². The summed E-state index contributed by atoms with van der Waals surface area (Å²) in [5, 5.41) is 3.67. The summed E-state index contributed by atoms with van der Waals surface area (Å²) < 4.78 is 23.3. The van der Waals surface area contributed by atoms with Gasteiger partial charge in [0.2, 0.25) is 0 Å². The summed E-state index contributed by atoms with van der Waals surface area (Å²) in [7, 11) is -3.51. The fourth-order valence-electron chi connectivity index (χ4n) is 0.922. The molecule has 1 N–H and O–H groups in total. The Bertz CT molecular complexity index is 457. The van der Waals surface area contributed by atoms with Gasteiger partial charge in [-0.3, -0.25) is 0 Å². The monoisotopic (exact) mass is 226 g/mol. The highest BCUT2D eigenvalue weighted by atomic mass is 32.2. The second-order valence-corrected chi connectivity index (χ2v) is 5.13. The molecule has 82 valence electrons. The van der Waals surface area contributed by atoms with Crippen molar-refractivity contribution in [1.82, 2.24) is 4.83 Å². The molecule has 15 heavy (non-hydrogen) atoms. The van der Waals surface area contributed by atoms with Gasteiger partial charge in [0.05, 0.1) is 4.90 Å². The lowest BCUT2D eigenvalue weighted by Crippen LogP contribution is -2.19. The number of aryl methyl sites for hydroxylation is 1. The minimum atomic E-state index is -3.51. The lowest BCUT2D eigenvalue weighted by molar-refractivity contribution is 0.584. The molecule has 1 aromatic carbocycles. The van der Waals surface area contributed by atoms with Crippen molar-refractivity contribution in [3.8, 4) is 0 Å². The summed E-state index contributed by atoms with van der Waals surface area (Å²) in [5.74, 6) is 0. The first-order chi connectivity index (χ1) is 6.92. The van der Waals surface area contributed by atoms with Crippen LogP contribution in [0.4, 0.5) is 0 Å². The van der Waals surface area contributed by atoms with Crippen LogP contribution in [0.25, 0.3) is 0 Å². The third-order valence-electron chi connectivity index (χ3n) is 1.72. The van der Waals surface area contributed by atoms with Gasteiger partial charge in [-0.1, -0.05) is 17.7 Å². The van der Waals surface area contributed by atoms with Crippen molar-refractivity contribution in [2.24, 2.45) is 5.10 Å². The summed E-state index contributed by atoms with van der Waals surface area (Å²) in [5.41, 5.74) is 1.68. The van der Waals surface area contributed by atoms with Crippen LogP contribution in [0, 0.1) is 6.92 Å². The molecule has 0 spiro atoms. The molecular weight excluding hydrogens is 212 g/mol. The zero-order valence-corrected chi connectivity index (χ0v) is 9.80. The quantitative estimate of drug-likeness (QED) is 0.629. The fourth-order valence-corrected chi connectivity index (χ4v) is 1.82. The first-order valence-electron chi connectivity index (χ1n) is 4.51. The molecule has 0 unspecified atom stereocenters. The number of hydrogen-bond acceptors (Lipinski definition) is 3. The standard InChI is InChI=1S/C10H14N2O2S/c1-8(2)11-12-15(13,14)10-6-4-9(3)5-7-10/h4-7,12H,1-3H3. The third-order valence-corrected chi connectivity index (χ3v) is 2.95. The van der Waals surface area contributed by atoms with E-state index in [1.54, 1.807) is 38.1 Å². The molecule has 0 radical (unpaired) electrons. The van der Waals surface area contributed by atoms with E-state index >= 15 is 0 Å². The van der Waals surface area contributed by atoms with Crippen LogP contribution in [0.15, 0.2) is 34.3 Å². The lowest BCUT2D eigenvalue weighted by Gasteiger charge is -2.03. The maximum absolute atomic E-state index is 11.6. The van der Waals surface area contributed by atoms with Crippen LogP contribution in [0.3, 0.4) is 0 Å². The summed E-state index contributed by atoms with van der Waals surface area (Å²) >= 11 is 0. The van der Waals surface area contributed by atoms with E-state index in [2.05, 4.69) is 9.93 Å². The number of nitrogens with zero attached hydrogens (tertiary/aromatic N) is 1. The number of nitrogens with one attached hydrogen (secondary N) is 1. The normalized spacial score (nSPS) is 10.9. The molecule has 0 saturated heterocycles. The SMILES string of the molecule is CC(C)=NNS(=O)(=O)c1ccc(C)cc1. The Morgan fingerprint density at radius 1 is 1.20 bits per heavy atom. The van der Waals surface area contributed by atoms with Crippen molar-refractivity contribution in [3.05, 3.63) is 29.8 Å². The van der Waals surface area contributed by atoms with E-state index in [9.17, 15) is 8.42 Å². The average molecular weight is 226 g/mol. The maximum atomic E-state index is 11.6. The minimum absolute atomic E-state index is 0.220. The van der Waals surface area contributed by atoms with E-state index in [4.69, 9.17) is 0 Å². The Kier molecular flexibility index (Phi) is 3.47. The Balaban J connectivity index is 2.97. The van der Waals surface area contributed by atoms with Crippen molar-refractivity contribution in [3.63, 3.8) is 0 Å². The van der Waals surface area contributed by atoms with Crippen molar-refractivity contribution in [2.45, 2.75) is 25.7 Å². The van der Waals surface area contributed by atoms with Gasteiger partial charge in [0.15, 0.2) is 0 Å². The van der Waals surface area contributed by atoms with Gasteiger partial charge >= 0.3 is 0 Å². The molecule has 0 bridgehead atoms. The number of benzene rings is 1.